The highest BCUT2D eigenvalue weighted by molar-refractivity contribution is 9.10. The number of piperazine rings is 1. The lowest BCUT2D eigenvalue weighted by atomic mass is 10.1. The van der Waals surface area contributed by atoms with Gasteiger partial charge in [-0.15, -0.1) is 0 Å². The van der Waals surface area contributed by atoms with Crippen LogP contribution in [0.1, 0.15) is 45.0 Å². The number of likely N-dealkylation sites (N-methyl/N-ethyl adjacent to an activating group) is 1. The maximum Gasteiger partial charge on any atom is 0.260 e. The molecule has 1 saturated heterocycles. The van der Waals surface area contributed by atoms with Crippen LogP contribution >= 0.6 is 39.1 Å². The van der Waals surface area contributed by atoms with E-state index in [9.17, 15) is 14.9 Å². The molecule has 4 aromatic rings. The second kappa shape index (κ2) is 13.4. The van der Waals surface area contributed by atoms with Gasteiger partial charge in [-0.3, -0.25) is 19.5 Å². The number of nitriles is 1. The number of rotatable bonds is 9. The summed E-state index contributed by atoms with van der Waals surface area (Å²) in [5, 5.41) is 13.1. The maximum absolute atomic E-state index is 13.6. The number of carbonyl (C=O) groups is 2. The van der Waals surface area contributed by atoms with Crippen molar-refractivity contribution in [3.05, 3.63) is 73.8 Å². The van der Waals surface area contributed by atoms with Gasteiger partial charge < -0.3 is 19.5 Å². The molecule has 1 aliphatic heterocycles. The number of pyridine rings is 3. The van der Waals surface area contributed by atoms with Crippen molar-refractivity contribution in [1.29, 1.82) is 5.26 Å². The number of nitrogens with one attached hydrogen (secondary N) is 1. The van der Waals surface area contributed by atoms with Crippen LogP contribution in [0.25, 0.3) is 11.0 Å². The Labute approximate surface area is 266 Å². The molecular weight excluding hydrogens is 659 g/mol. The second-order valence-corrected chi connectivity index (χ2v) is 11.8. The first-order valence-electron chi connectivity index (χ1n) is 13.4. The van der Waals surface area contributed by atoms with E-state index in [1.165, 1.54) is 24.7 Å². The Kier molecular flexibility index (Phi) is 9.59. The first-order valence-corrected chi connectivity index (χ1v) is 15.0. The topological polar surface area (TPSA) is 129 Å². The van der Waals surface area contributed by atoms with Crippen LogP contribution in [-0.2, 0) is 6.54 Å². The number of hydrogen-bond acceptors (Lipinski definition) is 9. The SMILES string of the molecule is C[C@@H](Oc1cc(NC(=O)c2cn(CCN3CCN(C)CC3)c3cc(Br)c(C=O)nc23)ncc1C#N)c1c(Cl)cncc1Cl. The summed E-state index contributed by atoms with van der Waals surface area (Å²) in [6.07, 6.45) is 5.96. The first kappa shape index (κ1) is 30.8. The van der Waals surface area contributed by atoms with Crippen LogP contribution in [0.3, 0.4) is 0 Å². The fourth-order valence-corrected chi connectivity index (χ4v) is 5.95. The number of halogens is 3. The van der Waals surface area contributed by atoms with E-state index in [0.29, 0.717) is 43.9 Å². The summed E-state index contributed by atoms with van der Waals surface area (Å²) in [4.78, 5) is 42.6. The molecule has 0 bridgehead atoms. The minimum Gasteiger partial charge on any atom is -0.484 e. The molecule has 1 amide bonds. The van der Waals surface area contributed by atoms with Crippen LogP contribution in [0.2, 0.25) is 10.0 Å². The summed E-state index contributed by atoms with van der Waals surface area (Å²) in [7, 11) is 2.11. The van der Waals surface area contributed by atoms with Gasteiger partial charge in [0.25, 0.3) is 5.91 Å². The molecule has 0 saturated carbocycles. The van der Waals surface area contributed by atoms with E-state index in [4.69, 9.17) is 27.9 Å². The number of carbonyl (C=O) groups excluding carboxylic acids is 2. The number of hydrogen-bond donors (Lipinski definition) is 1. The van der Waals surface area contributed by atoms with E-state index >= 15 is 0 Å². The van der Waals surface area contributed by atoms with Gasteiger partial charge in [-0.1, -0.05) is 23.2 Å². The molecule has 4 aromatic heterocycles. The Morgan fingerprint density at radius 1 is 1.19 bits per heavy atom. The van der Waals surface area contributed by atoms with E-state index < -0.39 is 12.0 Å². The lowest BCUT2D eigenvalue weighted by Gasteiger charge is -2.32. The van der Waals surface area contributed by atoms with E-state index in [-0.39, 0.29) is 28.4 Å². The fourth-order valence-electron chi connectivity index (χ4n) is 4.88. The quantitative estimate of drug-likeness (QED) is 0.236. The van der Waals surface area contributed by atoms with Gasteiger partial charge in [-0.05, 0) is 36.0 Å². The van der Waals surface area contributed by atoms with Crippen LogP contribution < -0.4 is 10.1 Å². The number of nitrogens with zero attached hydrogens (tertiary/aromatic N) is 7. The summed E-state index contributed by atoms with van der Waals surface area (Å²) in [6.45, 7) is 7.10. The summed E-state index contributed by atoms with van der Waals surface area (Å²) >= 11 is 16.0. The summed E-state index contributed by atoms with van der Waals surface area (Å²) in [5.74, 6) is -0.139. The number of fused-ring (bicyclic) bond motifs is 1. The van der Waals surface area contributed by atoms with Crippen molar-refractivity contribution in [2.24, 2.45) is 0 Å². The normalized spacial score (nSPS) is 14.8. The zero-order valence-corrected chi connectivity index (χ0v) is 26.4. The molecule has 5 rings (SSSR count). The van der Waals surface area contributed by atoms with E-state index in [1.807, 2.05) is 10.6 Å². The minimum absolute atomic E-state index is 0.157. The molecule has 1 aliphatic rings. The Morgan fingerprint density at radius 3 is 2.58 bits per heavy atom. The van der Waals surface area contributed by atoms with Gasteiger partial charge in [0.1, 0.15) is 40.5 Å². The summed E-state index contributed by atoms with van der Waals surface area (Å²) in [6, 6.07) is 5.31. The van der Waals surface area contributed by atoms with Crippen molar-refractivity contribution in [3.63, 3.8) is 0 Å². The molecule has 5 heterocycles. The summed E-state index contributed by atoms with van der Waals surface area (Å²) < 4.78 is 8.56. The third-order valence-electron chi connectivity index (χ3n) is 7.27. The predicted octanol–water partition coefficient (Wildman–Crippen LogP) is 5.22. The summed E-state index contributed by atoms with van der Waals surface area (Å²) in [5.41, 5.74) is 2.25. The molecule has 0 aliphatic carbocycles. The molecule has 0 aromatic carbocycles. The number of aldehydes is 1. The predicted molar refractivity (Wildman–Crippen MR) is 167 cm³/mol. The minimum atomic E-state index is -0.635. The zero-order chi connectivity index (χ0) is 30.7. The Hall–Kier alpha value is -3.60. The van der Waals surface area contributed by atoms with E-state index in [1.54, 1.807) is 19.2 Å². The Bertz CT molecular complexity index is 1710. The molecule has 1 N–H and O–H groups in total. The van der Waals surface area contributed by atoms with Crippen LogP contribution in [0.5, 0.6) is 5.75 Å². The van der Waals surface area contributed by atoms with Gasteiger partial charge in [-0.25, -0.2) is 9.97 Å². The molecule has 0 spiro atoms. The van der Waals surface area contributed by atoms with Gasteiger partial charge in [0.15, 0.2) is 6.29 Å². The first-order chi connectivity index (χ1) is 20.7. The third-order valence-corrected chi connectivity index (χ3v) is 8.51. The van der Waals surface area contributed by atoms with Gasteiger partial charge in [0, 0.05) is 74.0 Å². The molecule has 0 unspecified atom stereocenters. The fraction of sp³-hybridized carbons (Fsp3) is 0.310. The van der Waals surface area contributed by atoms with E-state index in [0.717, 1.165) is 32.7 Å². The molecule has 222 valence electrons. The molecular formula is C29H27BrCl2N8O3. The number of amides is 1. The van der Waals surface area contributed by atoms with E-state index in [2.05, 4.69) is 53.0 Å². The largest absolute Gasteiger partial charge is 0.484 e. The maximum atomic E-state index is 13.6. The highest BCUT2D eigenvalue weighted by Crippen LogP contribution is 2.34. The molecule has 1 atom stereocenters. The molecule has 11 nitrogen and oxygen atoms in total. The highest BCUT2D eigenvalue weighted by Gasteiger charge is 2.22. The van der Waals surface area contributed by atoms with Crippen molar-refractivity contribution in [3.8, 4) is 11.8 Å². The number of ether oxygens (including phenoxy) is 1. The standard InChI is InChI=1S/C29H27BrCl2N8O3/c1-17(27-21(31)13-34-14-22(27)32)43-25-10-26(35-12-18(25)11-33)37-29(42)19-15-40(8-7-39-5-3-38(2)4-6-39)24-9-20(30)23(16-41)36-28(19)24/h9-10,12-17H,3-8H2,1-2H3,(H,35,37,42)/t17-/m1/s1. The van der Waals surface area contributed by atoms with Crippen molar-refractivity contribution in [2.75, 3.05) is 45.1 Å². The van der Waals surface area contributed by atoms with Crippen molar-refractivity contribution < 1.29 is 14.3 Å². The molecule has 43 heavy (non-hydrogen) atoms. The van der Waals surface area contributed by atoms with Crippen molar-refractivity contribution in [2.45, 2.75) is 19.6 Å². The van der Waals surface area contributed by atoms with Gasteiger partial charge in [0.05, 0.1) is 27.3 Å². The van der Waals surface area contributed by atoms with Crippen LogP contribution in [0.4, 0.5) is 5.82 Å². The van der Waals surface area contributed by atoms with Gasteiger partial charge >= 0.3 is 0 Å². The average Bonchev–Trinajstić information content (AvgIpc) is 3.33. The number of anilines is 1. The van der Waals surface area contributed by atoms with Crippen LogP contribution in [0, 0.1) is 11.3 Å². The Morgan fingerprint density at radius 2 is 1.91 bits per heavy atom. The average molecular weight is 686 g/mol. The second-order valence-electron chi connectivity index (χ2n) is 10.1. The number of aromatic nitrogens is 4. The Balaban J connectivity index is 1.41. The lowest BCUT2D eigenvalue weighted by Crippen LogP contribution is -2.45. The van der Waals surface area contributed by atoms with Gasteiger partial charge in [0.2, 0.25) is 0 Å². The van der Waals surface area contributed by atoms with Crippen LogP contribution in [-0.4, -0.2) is 81.3 Å². The third kappa shape index (κ3) is 6.82. The van der Waals surface area contributed by atoms with Crippen molar-refractivity contribution >= 4 is 68.2 Å². The molecule has 1 fully saturated rings. The smallest absolute Gasteiger partial charge is 0.260 e. The van der Waals surface area contributed by atoms with Crippen LogP contribution in [0.15, 0.2) is 41.4 Å². The van der Waals surface area contributed by atoms with Crippen molar-refractivity contribution in [1.82, 2.24) is 29.3 Å². The highest BCUT2D eigenvalue weighted by atomic mass is 79.9. The molecule has 14 heteroatoms. The zero-order valence-electron chi connectivity index (χ0n) is 23.4. The lowest BCUT2D eigenvalue weighted by molar-refractivity contribution is 0.102. The van der Waals surface area contributed by atoms with Gasteiger partial charge in [-0.2, -0.15) is 5.26 Å². The molecule has 0 radical (unpaired) electrons. The monoisotopic (exact) mass is 684 g/mol.